The van der Waals surface area contributed by atoms with Crippen molar-refractivity contribution in [2.75, 3.05) is 10.6 Å². The fourth-order valence-electron chi connectivity index (χ4n) is 3.54. The predicted molar refractivity (Wildman–Crippen MR) is 110 cm³/mol. The zero-order valence-corrected chi connectivity index (χ0v) is 15.9. The molecule has 0 aliphatic heterocycles. The quantitative estimate of drug-likeness (QED) is 0.647. The van der Waals surface area contributed by atoms with E-state index in [1.165, 1.54) is 19.8 Å². The Balaban J connectivity index is 1.79. The number of amides is 1. The van der Waals surface area contributed by atoms with E-state index in [1.807, 2.05) is 36.4 Å². The Labute approximate surface area is 163 Å². The van der Waals surface area contributed by atoms with Gasteiger partial charge >= 0.3 is 0 Å². The van der Waals surface area contributed by atoms with Crippen molar-refractivity contribution in [1.29, 1.82) is 0 Å². The van der Waals surface area contributed by atoms with Crippen LogP contribution in [0.15, 0.2) is 42.5 Å². The highest BCUT2D eigenvalue weighted by Crippen LogP contribution is 2.31. The highest BCUT2D eigenvalue weighted by Gasteiger charge is 2.18. The van der Waals surface area contributed by atoms with Gasteiger partial charge < -0.3 is 5.32 Å². The Morgan fingerprint density at radius 3 is 2.44 bits per heavy atom. The molecule has 1 aromatic heterocycles. The minimum absolute atomic E-state index is 0.182. The summed E-state index contributed by atoms with van der Waals surface area (Å²) in [4.78, 5) is 20.5. The van der Waals surface area contributed by atoms with E-state index in [4.69, 9.17) is 11.6 Å². The van der Waals surface area contributed by atoms with Gasteiger partial charge in [0.1, 0.15) is 5.82 Å². The third kappa shape index (κ3) is 4.03. The van der Waals surface area contributed by atoms with Gasteiger partial charge in [0.25, 0.3) is 0 Å². The smallest absolute Gasteiger partial charge is 0.231 e. The maximum atomic E-state index is 11.4. The molecule has 2 aromatic carbocycles. The van der Waals surface area contributed by atoms with Gasteiger partial charge in [-0.25, -0.2) is 4.98 Å². The van der Waals surface area contributed by atoms with Crippen LogP contribution >= 0.6 is 11.6 Å². The SMILES string of the molecule is CC(=O)Nc1nc(NC2CCCC2)c2cc(-c3ccc(Cl)cc3)ccc2n1. The molecule has 6 heteroatoms. The van der Waals surface area contributed by atoms with Crippen LogP contribution in [-0.2, 0) is 4.79 Å². The molecule has 1 aliphatic rings. The molecule has 4 rings (SSSR count). The molecule has 1 aliphatic carbocycles. The minimum atomic E-state index is -0.182. The first-order valence-electron chi connectivity index (χ1n) is 9.20. The van der Waals surface area contributed by atoms with Crippen molar-refractivity contribution in [2.24, 2.45) is 0 Å². The van der Waals surface area contributed by atoms with Crippen molar-refractivity contribution < 1.29 is 4.79 Å². The first-order chi connectivity index (χ1) is 13.1. The van der Waals surface area contributed by atoms with E-state index in [9.17, 15) is 4.79 Å². The number of nitrogens with zero attached hydrogens (tertiary/aromatic N) is 2. The van der Waals surface area contributed by atoms with E-state index in [-0.39, 0.29) is 5.91 Å². The molecule has 0 radical (unpaired) electrons. The van der Waals surface area contributed by atoms with Gasteiger partial charge in [-0.3, -0.25) is 10.1 Å². The van der Waals surface area contributed by atoms with Crippen LogP contribution in [0.2, 0.25) is 5.02 Å². The van der Waals surface area contributed by atoms with Crippen molar-refractivity contribution in [3.63, 3.8) is 0 Å². The second kappa shape index (κ2) is 7.53. The van der Waals surface area contributed by atoms with Gasteiger partial charge in [0, 0.05) is 23.4 Å². The lowest BCUT2D eigenvalue weighted by Crippen LogP contribution is -2.17. The average Bonchev–Trinajstić information content (AvgIpc) is 3.15. The van der Waals surface area contributed by atoms with Gasteiger partial charge in [0.15, 0.2) is 0 Å². The number of rotatable bonds is 4. The molecule has 0 spiro atoms. The van der Waals surface area contributed by atoms with Crippen molar-refractivity contribution >= 4 is 40.2 Å². The van der Waals surface area contributed by atoms with Crippen LogP contribution in [0.1, 0.15) is 32.6 Å². The summed E-state index contributed by atoms with van der Waals surface area (Å²) in [6.45, 7) is 1.46. The second-order valence-electron chi connectivity index (χ2n) is 6.94. The number of carbonyl (C=O) groups is 1. The summed E-state index contributed by atoms with van der Waals surface area (Å²) >= 11 is 6.01. The molecule has 0 bridgehead atoms. The average molecular weight is 381 g/mol. The number of halogens is 1. The molecule has 0 saturated heterocycles. The molecule has 1 fully saturated rings. The van der Waals surface area contributed by atoms with Gasteiger partial charge in [-0.05, 0) is 48.2 Å². The first kappa shape index (κ1) is 17.7. The molecule has 0 atom stereocenters. The van der Waals surface area contributed by atoms with Crippen molar-refractivity contribution in [1.82, 2.24) is 9.97 Å². The largest absolute Gasteiger partial charge is 0.367 e. The summed E-state index contributed by atoms with van der Waals surface area (Å²) in [6.07, 6.45) is 4.74. The lowest BCUT2D eigenvalue weighted by Gasteiger charge is -2.16. The standard InChI is InChI=1S/C21H21ClN4O/c1-13(27)23-21-25-19-11-8-15(14-6-9-16(22)10-7-14)12-18(19)20(26-21)24-17-4-2-3-5-17/h6-12,17H,2-5H2,1H3,(H2,23,24,25,26,27). The van der Waals surface area contributed by atoms with Crippen LogP contribution < -0.4 is 10.6 Å². The van der Waals surface area contributed by atoms with Crippen molar-refractivity contribution in [3.8, 4) is 11.1 Å². The zero-order valence-electron chi connectivity index (χ0n) is 15.1. The summed E-state index contributed by atoms with van der Waals surface area (Å²) in [7, 11) is 0. The zero-order chi connectivity index (χ0) is 18.8. The third-order valence-electron chi connectivity index (χ3n) is 4.86. The predicted octanol–water partition coefficient (Wildman–Crippen LogP) is 5.26. The number of fused-ring (bicyclic) bond motifs is 1. The highest BCUT2D eigenvalue weighted by atomic mass is 35.5. The van der Waals surface area contributed by atoms with Crippen LogP contribution in [0.25, 0.3) is 22.0 Å². The fourth-order valence-corrected chi connectivity index (χ4v) is 3.66. The van der Waals surface area contributed by atoms with E-state index in [1.54, 1.807) is 0 Å². The molecule has 0 unspecified atom stereocenters. The fraction of sp³-hybridized carbons (Fsp3) is 0.286. The van der Waals surface area contributed by atoms with E-state index in [2.05, 4.69) is 26.7 Å². The first-order valence-corrected chi connectivity index (χ1v) is 9.58. The van der Waals surface area contributed by atoms with Crippen LogP contribution in [0.4, 0.5) is 11.8 Å². The van der Waals surface area contributed by atoms with E-state index < -0.39 is 0 Å². The molecule has 5 nitrogen and oxygen atoms in total. The normalized spacial score (nSPS) is 14.4. The minimum Gasteiger partial charge on any atom is -0.367 e. The second-order valence-corrected chi connectivity index (χ2v) is 7.38. The van der Waals surface area contributed by atoms with Gasteiger partial charge in [0.05, 0.1) is 5.52 Å². The molecule has 138 valence electrons. The molecule has 1 amide bonds. The summed E-state index contributed by atoms with van der Waals surface area (Å²) in [5, 5.41) is 7.92. The van der Waals surface area contributed by atoms with E-state index in [0.29, 0.717) is 17.0 Å². The molecule has 2 N–H and O–H groups in total. The molecular weight excluding hydrogens is 360 g/mol. The maximum Gasteiger partial charge on any atom is 0.231 e. The maximum absolute atomic E-state index is 11.4. The van der Waals surface area contributed by atoms with Gasteiger partial charge in [0.2, 0.25) is 11.9 Å². The Bertz CT molecular complexity index is 981. The number of nitrogens with one attached hydrogen (secondary N) is 2. The molecule has 1 saturated carbocycles. The summed E-state index contributed by atoms with van der Waals surface area (Å²) in [5.41, 5.74) is 2.95. The molecule has 1 heterocycles. The van der Waals surface area contributed by atoms with Crippen LogP contribution in [0.5, 0.6) is 0 Å². The number of hydrogen-bond donors (Lipinski definition) is 2. The summed E-state index contributed by atoms with van der Waals surface area (Å²) in [5.74, 6) is 0.917. The number of aromatic nitrogens is 2. The Kier molecular flexibility index (Phi) is 4.94. The number of carbonyl (C=O) groups excluding carboxylic acids is 1. The number of anilines is 2. The van der Waals surface area contributed by atoms with Crippen LogP contribution in [-0.4, -0.2) is 21.9 Å². The lowest BCUT2D eigenvalue weighted by molar-refractivity contribution is -0.114. The molecular formula is C21H21ClN4O. The van der Waals surface area contributed by atoms with Crippen molar-refractivity contribution in [2.45, 2.75) is 38.6 Å². The van der Waals surface area contributed by atoms with Crippen molar-refractivity contribution in [3.05, 3.63) is 47.5 Å². The Morgan fingerprint density at radius 1 is 1.04 bits per heavy atom. The molecule has 27 heavy (non-hydrogen) atoms. The van der Waals surface area contributed by atoms with E-state index >= 15 is 0 Å². The number of hydrogen-bond acceptors (Lipinski definition) is 4. The van der Waals surface area contributed by atoms with Crippen LogP contribution in [0.3, 0.4) is 0 Å². The van der Waals surface area contributed by atoms with Gasteiger partial charge in [-0.2, -0.15) is 4.98 Å². The monoisotopic (exact) mass is 380 g/mol. The number of benzene rings is 2. The topological polar surface area (TPSA) is 66.9 Å². The Morgan fingerprint density at radius 2 is 1.74 bits per heavy atom. The highest BCUT2D eigenvalue weighted by molar-refractivity contribution is 6.30. The van der Waals surface area contributed by atoms with E-state index in [0.717, 1.165) is 40.7 Å². The third-order valence-corrected chi connectivity index (χ3v) is 5.11. The van der Waals surface area contributed by atoms with Gasteiger partial charge in [-0.15, -0.1) is 0 Å². The summed E-state index contributed by atoms with van der Waals surface area (Å²) < 4.78 is 0. The molecule has 3 aromatic rings. The Hall–Kier alpha value is -2.66. The summed E-state index contributed by atoms with van der Waals surface area (Å²) in [6, 6.07) is 14.3. The van der Waals surface area contributed by atoms with Gasteiger partial charge in [-0.1, -0.05) is 42.6 Å². The van der Waals surface area contributed by atoms with Crippen LogP contribution in [0, 0.1) is 0 Å². The lowest BCUT2D eigenvalue weighted by atomic mass is 10.0.